The summed E-state index contributed by atoms with van der Waals surface area (Å²) >= 11 is 0. The predicted octanol–water partition coefficient (Wildman–Crippen LogP) is 2.72. The first-order chi connectivity index (χ1) is 9.20. The van der Waals surface area contributed by atoms with E-state index in [-0.39, 0.29) is 0 Å². The number of aromatic nitrogens is 2. The molecule has 4 nitrogen and oxygen atoms in total. The Morgan fingerprint density at radius 2 is 2.11 bits per heavy atom. The number of H-pyrrole nitrogens is 1. The Hall–Kier alpha value is -1.81. The van der Waals surface area contributed by atoms with Crippen LogP contribution in [0, 0.1) is 13.8 Å². The molecule has 2 rings (SSSR count). The Bertz CT molecular complexity index is 514. The number of aromatic amines is 1. The molecule has 0 atom stereocenters. The van der Waals surface area contributed by atoms with Crippen LogP contribution in [0.1, 0.15) is 29.4 Å². The van der Waals surface area contributed by atoms with Crippen LogP contribution in [0.25, 0.3) is 0 Å². The first-order valence-corrected chi connectivity index (χ1v) is 6.63. The van der Waals surface area contributed by atoms with Crippen LogP contribution >= 0.6 is 0 Å². The lowest BCUT2D eigenvalue weighted by Gasteiger charge is -2.08. The van der Waals surface area contributed by atoms with Gasteiger partial charge in [-0.25, -0.2) is 0 Å². The van der Waals surface area contributed by atoms with Crippen molar-refractivity contribution in [3.8, 4) is 5.75 Å². The van der Waals surface area contributed by atoms with Gasteiger partial charge in [-0.1, -0.05) is 12.1 Å². The first kappa shape index (κ1) is 13.6. The third-order valence-corrected chi connectivity index (χ3v) is 3.12. The molecule has 0 amide bonds. The van der Waals surface area contributed by atoms with Gasteiger partial charge in [0.05, 0.1) is 12.3 Å². The molecule has 0 fully saturated rings. The molecule has 0 bridgehead atoms. The van der Waals surface area contributed by atoms with E-state index in [0.717, 1.165) is 30.2 Å². The molecule has 1 aromatic heterocycles. The van der Waals surface area contributed by atoms with E-state index in [9.17, 15) is 0 Å². The molecule has 0 spiro atoms. The highest BCUT2D eigenvalue weighted by Gasteiger charge is 2.05. The lowest BCUT2D eigenvalue weighted by atomic mass is 10.2. The summed E-state index contributed by atoms with van der Waals surface area (Å²) in [5, 5.41) is 10.6. The average Bonchev–Trinajstić information content (AvgIpc) is 2.71. The monoisotopic (exact) mass is 259 g/mol. The minimum Gasteiger partial charge on any atom is -0.494 e. The molecular weight excluding hydrogens is 238 g/mol. The van der Waals surface area contributed by atoms with Crippen molar-refractivity contribution < 1.29 is 4.74 Å². The number of nitrogens with one attached hydrogen (secondary N) is 2. The molecule has 2 aromatic rings. The van der Waals surface area contributed by atoms with Gasteiger partial charge in [0.25, 0.3) is 0 Å². The summed E-state index contributed by atoms with van der Waals surface area (Å²) in [5.41, 5.74) is 4.67. The standard InChI is InChI=1S/C15H21N3O/c1-4-19-14-7-5-6-13(8-14)9-16-10-15-11(2)17-18-12(15)3/h5-8,16H,4,9-10H2,1-3H3,(H,17,18). The van der Waals surface area contributed by atoms with E-state index in [1.54, 1.807) is 0 Å². The summed E-state index contributed by atoms with van der Waals surface area (Å²) in [6.45, 7) is 8.42. The fourth-order valence-corrected chi connectivity index (χ4v) is 2.08. The molecule has 0 unspecified atom stereocenters. The largest absolute Gasteiger partial charge is 0.494 e. The average molecular weight is 259 g/mol. The maximum Gasteiger partial charge on any atom is 0.119 e. The van der Waals surface area contributed by atoms with Crippen molar-refractivity contribution in [2.75, 3.05) is 6.61 Å². The van der Waals surface area contributed by atoms with Gasteiger partial charge < -0.3 is 10.1 Å². The maximum absolute atomic E-state index is 5.49. The number of rotatable bonds is 6. The van der Waals surface area contributed by atoms with E-state index in [1.807, 2.05) is 32.9 Å². The fourth-order valence-electron chi connectivity index (χ4n) is 2.08. The van der Waals surface area contributed by atoms with Gasteiger partial charge in [-0.05, 0) is 38.5 Å². The van der Waals surface area contributed by atoms with Gasteiger partial charge in [0.15, 0.2) is 0 Å². The van der Waals surface area contributed by atoms with Crippen LogP contribution < -0.4 is 10.1 Å². The van der Waals surface area contributed by atoms with Gasteiger partial charge in [-0.2, -0.15) is 5.10 Å². The van der Waals surface area contributed by atoms with E-state index in [4.69, 9.17) is 4.74 Å². The van der Waals surface area contributed by atoms with E-state index in [1.165, 1.54) is 11.1 Å². The van der Waals surface area contributed by atoms with Crippen LogP contribution in [0.2, 0.25) is 0 Å². The van der Waals surface area contributed by atoms with Crippen molar-refractivity contribution in [2.24, 2.45) is 0 Å². The Morgan fingerprint density at radius 1 is 1.26 bits per heavy atom. The Morgan fingerprint density at radius 3 is 2.79 bits per heavy atom. The zero-order chi connectivity index (χ0) is 13.7. The SMILES string of the molecule is CCOc1cccc(CNCc2c(C)n[nH]c2C)c1. The molecule has 0 saturated carbocycles. The van der Waals surface area contributed by atoms with Crippen molar-refractivity contribution >= 4 is 0 Å². The van der Waals surface area contributed by atoms with Crippen molar-refractivity contribution in [2.45, 2.75) is 33.9 Å². The number of ether oxygens (including phenoxy) is 1. The Balaban J connectivity index is 1.90. The number of benzene rings is 1. The molecule has 0 radical (unpaired) electrons. The third kappa shape index (κ3) is 3.58. The Labute approximate surface area is 114 Å². The number of nitrogens with zero attached hydrogens (tertiary/aromatic N) is 1. The van der Waals surface area contributed by atoms with Crippen LogP contribution in [0.3, 0.4) is 0 Å². The second-order valence-corrected chi connectivity index (χ2v) is 4.60. The second kappa shape index (κ2) is 6.38. The number of aryl methyl sites for hydroxylation is 2. The predicted molar refractivity (Wildman–Crippen MR) is 76.2 cm³/mol. The van der Waals surface area contributed by atoms with Gasteiger partial charge >= 0.3 is 0 Å². The van der Waals surface area contributed by atoms with Crippen molar-refractivity contribution in [3.05, 3.63) is 46.8 Å². The summed E-state index contributed by atoms with van der Waals surface area (Å²) < 4.78 is 5.49. The molecule has 2 N–H and O–H groups in total. The topological polar surface area (TPSA) is 49.9 Å². The normalized spacial score (nSPS) is 10.7. The lowest BCUT2D eigenvalue weighted by molar-refractivity contribution is 0.340. The van der Waals surface area contributed by atoms with Crippen LogP contribution in [0.5, 0.6) is 5.75 Å². The first-order valence-electron chi connectivity index (χ1n) is 6.63. The molecule has 4 heteroatoms. The van der Waals surface area contributed by atoms with Crippen LogP contribution in [0.4, 0.5) is 0 Å². The lowest BCUT2D eigenvalue weighted by Crippen LogP contribution is -2.13. The Kier molecular flexibility index (Phi) is 4.58. The second-order valence-electron chi connectivity index (χ2n) is 4.60. The minimum atomic E-state index is 0.699. The maximum atomic E-state index is 5.49. The van der Waals surface area contributed by atoms with Crippen molar-refractivity contribution in [3.63, 3.8) is 0 Å². The zero-order valence-electron chi connectivity index (χ0n) is 11.8. The van der Waals surface area contributed by atoms with Gasteiger partial charge in [0.1, 0.15) is 5.75 Å². The summed E-state index contributed by atoms with van der Waals surface area (Å²) in [6.07, 6.45) is 0. The highest BCUT2D eigenvalue weighted by atomic mass is 16.5. The molecule has 0 aliphatic rings. The summed E-state index contributed by atoms with van der Waals surface area (Å²) in [4.78, 5) is 0. The van der Waals surface area contributed by atoms with E-state index < -0.39 is 0 Å². The summed E-state index contributed by atoms with van der Waals surface area (Å²) in [7, 11) is 0. The van der Waals surface area contributed by atoms with Crippen molar-refractivity contribution in [1.29, 1.82) is 0 Å². The van der Waals surface area contributed by atoms with E-state index in [0.29, 0.717) is 6.61 Å². The highest BCUT2D eigenvalue weighted by Crippen LogP contribution is 2.14. The highest BCUT2D eigenvalue weighted by molar-refractivity contribution is 5.28. The number of hydrogen-bond acceptors (Lipinski definition) is 3. The molecule has 1 heterocycles. The molecule has 0 saturated heterocycles. The van der Waals surface area contributed by atoms with E-state index in [2.05, 4.69) is 27.6 Å². The molecular formula is C15H21N3O. The smallest absolute Gasteiger partial charge is 0.119 e. The van der Waals surface area contributed by atoms with Crippen molar-refractivity contribution in [1.82, 2.24) is 15.5 Å². The summed E-state index contributed by atoms with van der Waals surface area (Å²) in [5.74, 6) is 0.928. The number of hydrogen-bond donors (Lipinski definition) is 2. The van der Waals surface area contributed by atoms with Gasteiger partial charge in [-0.15, -0.1) is 0 Å². The zero-order valence-corrected chi connectivity index (χ0v) is 11.8. The third-order valence-electron chi connectivity index (χ3n) is 3.12. The fraction of sp³-hybridized carbons (Fsp3) is 0.400. The summed E-state index contributed by atoms with van der Waals surface area (Å²) in [6, 6.07) is 8.18. The molecule has 0 aliphatic carbocycles. The molecule has 102 valence electrons. The van der Waals surface area contributed by atoms with Crippen LogP contribution in [-0.4, -0.2) is 16.8 Å². The van der Waals surface area contributed by atoms with Gasteiger partial charge in [0, 0.05) is 24.3 Å². The molecule has 19 heavy (non-hydrogen) atoms. The van der Waals surface area contributed by atoms with Crippen LogP contribution in [-0.2, 0) is 13.1 Å². The quantitative estimate of drug-likeness (QED) is 0.838. The van der Waals surface area contributed by atoms with Gasteiger partial charge in [-0.3, -0.25) is 5.10 Å². The van der Waals surface area contributed by atoms with Gasteiger partial charge in [0.2, 0.25) is 0 Å². The van der Waals surface area contributed by atoms with E-state index >= 15 is 0 Å². The molecule has 1 aromatic carbocycles. The minimum absolute atomic E-state index is 0.699. The van der Waals surface area contributed by atoms with Crippen LogP contribution in [0.15, 0.2) is 24.3 Å². The molecule has 0 aliphatic heterocycles.